The van der Waals surface area contributed by atoms with Gasteiger partial charge >= 0.3 is 4.87 Å². The van der Waals surface area contributed by atoms with E-state index in [-0.39, 0.29) is 10.8 Å². The molecular weight excluding hydrogens is 316 g/mol. The molecule has 1 aromatic heterocycles. The van der Waals surface area contributed by atoms with Gasteiger partial charge < -0.3 is 4.74 Å². The standard InChI is InChI=1S/C16H14N2O2S2/c17-6-3-7-18-15-14(22-16(18)19)13-10(9-21-15)8-20-12-5-2-1-4-11(12)13/h1-2,4-5,10,13H,3,7-9H2/t10-,13+/m1/s1. The Morgan fingerprint density at radius 1 is 1.41 bits per heavy atom. The molecule has 3 heterocycles. The summed E-state index contributed by atoms with van der Waals surface area (Å²) in [6, 6.07) is 10.3. The molecule has 0 radical (unpaired) electrons. The van der Waals surface area contributed by atoms with Gasteiger partial charge in [-0.25, -0.2) is 0 Å². The summed E-state index contributed by atoms with van der Waals surface area (Å²) in [5, 5.41) is 9.85. The maximum absolute atomic E-state index is 12.3. The number of para-hydroxylation sites is 1. The highest BCUT2D eigenvalue weighted by Gasteiger charge is 2.39. The molecular formula is C16H14N2O2S2. The second-order valence-corrected chi connectivity index (χ2v) is 7.50. The number of rotatable bonds is 2. The topological polar surface area (TPSA) is 55.0 Å². The van der Waals surface area contributed by atoms with Crippen LogP contribution in [0.25, 0.3) is 0 Å². The summed E-state index contributed by atoms with van der Waals surface area (Å²) in [4.78, 5) is 13.5. The summed E-state index contributed by atoms with van der Waals surface area (Å²) in [6.45, 7) is 1.20. The Kier molecular flexibility index (Phi) is 3.47. The van der Waals surface area contributed by atoms with Crippen LogP contribution in [0.4, 0.5) is 0 Å². The zero-order valence-electron chi connectivity index (χ0n) is 11.8. The highest BCUT2D eigenvalue weighted by Crippen LogP contribution is 2.50. The van der Waals surface area contributed by atoms with E-state index >= 15 is 0 Å². The minimum absolute atomic E-state index is 0.0531. The Hall–Kier alpha value is -1.71. The van der Waals surface area contributed by atoms with Crippen molar-refractivity contribution in [2.45, 2.75) is 23.9 Å². The molecule has 6 heteroatoms. The number of benzene rings is 1. The average molecular weight is 330 g/mol. The third-order valence-corrected chi connectivity index (χ3v) is 6.72. The maximum atomic E-state index is 12.3. The summed E-state index contributed by atoms with van der Waals surface area (Å²) in [5.41, 5.74) is 1.19. The molecule has 112 valence electrons. The largest absolute Gasteiger partial charge is 0.493 e. The number of aromatic nitrogens is 1. The molecule has 22 heavy (non-hydrogen) atoms. The summed E-state index contributed by atoms with van der Waals surface area (Å²) < 4.78 is 7.65. The van der Waals surface area contributed by atoms with E-state index in [1.807, 2.05) is 18.2 Å². The van der Waals surface area contributed by atoms with Gasteiger partial charge in [-0.1, -0.05) is 29.5 Å². The lowest BCUT2D eigenvalue weighted by Crippen LogP contribution is -2.31. The van der Waals surface area contributed by atoms with Crippen LogP contribution in [0.5, 0.6) is 5.75 Å². The third-order valence-electron chi connectivity index (χ3n) is 4.22. The summed E-state index contributed by atoms with van der Waals surface area (Å²) in [7, 11) is 0. The first-order valence-corrected chi connectivity index (χ1v) is 9.05. The molecule has 2 aromatic rings. The highest BCUT2D eigenvalue weighted by molar-refractivity contribution is 7.99. The molecule has 1 aromatic carbocycles. The monoisotopic (exact) mass is 330 g/mol. The fraction of sp³-hybridized carbons (Fsp3) is 0.375. The van der Waals surface area contributed by atoms with Gasteiger partial charge in [-0.3, -0.25) is 9.36 Å². The molecule has 0 N–H and O–H groups in total. The first-order valence-electron chi connectivity index (χ1n) is 7.24. The van der Waals surface area contributed by atoms with Crippen molar-refractivity contribution in [2.75, 3.05) is 12.4 Å². The number of hydrogen-bond donors (Lipinski definition) is 0. The van der Waals surface area contributed by atoms with Crippen molar-refractivity contribution < 1.29 is 4.74 Å². The predicted octanol–water partition coefficient (Wildman–Crippen LogP) is 3.07. The molecule has 0 unspecified atom stereocenters. The number of fused-ring (bicyclic) bond motifs is 5. The van der Waals surface area contributed by atoms with Gasteiger partial charge in [-0.2, -0.15) is 5.26 Å². The molecule has 0 fully saturated rings. The van der Waals surface area contributed by atoms with Crippen LogP contribution in [-0.4, -0.2) is 16.9 Å². The number of thioether (sulfide) groups is 1. The lowest BCUT2D eigenvalue weighted by atomic mass is 9.84. The molecule has 4 rings (SSSR count). The van der Waals surface area contributed by atoms with Gasteiger partial charge in [0, 0.05) is 34.6 Å². The van der Waals surface area contributed by atoms with E-state index in [9.17, 15) is 4.79 Å². The Morgan fingerprint density at radius 3 is 3.14 bits per heavy atom. The zero-order chi connectivity index (χ0) is 15.1. The predicted molar refractivity (Wildman–Crippen MR) is 86.8 cm³/mol. The fourth-order valence-electron chi connectivity index (χ4n) is 3.21. The zero-order valence-corrected chi connectivity index (χ0v) is 13.5. The average Bonchev–Trinajstić information content (AvgIpc) is 2.88. The van der Waals surface area contributed by atoms with Gasteiger partial charge in [-0.15, -0.1) is 11.8 Å². The maximum Gasteiger partial charge on any atom is 0.308 e. The summed E-state index contributed by atoms with van der Waals surface area (Å²) in [6.07, 6.45) is 0.372. The minimum atomic E-state index is 0.0531. The number of nitriles is 1. The van der Waals surface area contributed by atoms with E-state index in [2.05, 4.69) is 12.1 Å². The Balaban J connectivity index is 1.84. The number of thiazole rings is 1. The molecule has 0 bridgehead atoms. The van der Waals surface area contributed by atoms with Gasteiger partial charge in [0.25, 0.3) is 0 Å². The first-order chi connectivity index (χ1) is 10.8. The molecule has 2 aliphatic rings. The highest BCUT2D eigenvalue weighted by atomic mass is 32.2. The van der Waals surface area contributed by atoms with Crippen molar-refractivity contribution >= 4 is 23.1 Å². The molecule has 2 aliphatic heterocycles. The summed E-state index contributed by atoms with van der Waals surface area (Å²) >= 11 is 3.07. The van der Waals surface area contributed by atoms with Crippen molar-refractivity contribution in [3.63, 3.8) is 0 Å². The van der Waals surface area contributed by atoms with Gasteiger partial charge in [-0.05, 0) is 6.07 Å². The van der Waals surface area contributed by atoms with Crippen LogP contribution in [0.3, 0.4) is 0 Å². The molecule has 2 atom stereocenters. The second kappa shape index (κ2) is 5.49. The van der Waals surface area contributed by atoms with Crippen LogP contribution in [0.2, 0.25) is 0 Å². The van der Waals surface area contributed by atoms with Crippen molar-refractivity contribution in [1.82, 2.24) is 4.57 Å². The van der Waals surface area contributed by atoms with Crippen molar-refractivity contribution in [1.29, 1.82) is 5.26 Å². The second-order valence-electron chi connectivity index (χ2n) is 5.49. The molecule has 0 amide bonds. The van der Waals surface area contributed by atoms with Crippen LogP contribution in [0.15, 0.2) is 34.1 Å². The van der Waals surface area contributed by atoms with Gasteiger partial charge in [0.1, 0.15) is 5.75 Å². The smallest absolute Gasteiger partial charge is 0.308 e. The molecule has 4 nitrogen and oxygen atoms in total. The molecule has 0 aliphatic carbocycles. The molecule has 0 saturated carbocycles. The molecule has 0 spiro atoms. The number of nitrogens with zero attached hydrogens (tertiary/aromatic N) is 2. The van der Waals surface area contributed by atoms with Crippen LogP contribution >= 0.6 is 23.1 Å². The third kappa shape index (κ3) is 2.08. The van der Waals surface area contributed by atoms with E-state index in [0.29, 0.717) is 25.5 Å². The fourth-order valence-corrected chi connectivity index (χ4v) is 5.95. The Morgan fingerprint density at radius 2 is 2.27 bits per heavy atom. The van der Waals surface area contributed by atoms with Gasteiger partial charge in [0.05, 0.1) is 24.1 Å². The van der Waals surface area contributed by atoms with E-state index < -0.39 is 0 Å². The lowest BCUT2D eigenvalue weighted by molar-refractivity contribution is 0.219. The van der Waals surface area contributed by atoms with E-state index in [1.54, 1.807) is 16.3 Å². The Bertz CT molecular complexity index is 818. The van der Waals surface area contributed by atoms with Crippen molar-refractivity contribution in [3.8, 4) is 11.8 Å². The number of hydrogen-bond acceptors (Lipinski definition) is 5. The Labute approximate surface area is 136 Å². The van der Waals surface area contributed by atoms with E-state index in [1.165, 1.54) is 16.9 Å². The first kappa shape index (κ1) is 13.9. The van der Waals surface area contributed by atoms with Crippen LogP contribution in [0.1, 0.15) is 22.8 Å². The lowest BCUT2D eigenvalue weighted by Gasteiger charge is -2.36. The van der Waals surface area contributed by atoms with Gasteiger partial charge in [0.2, 0.25) is 0 Å². The van der Waals surface area contributed by atoms with Crippen molar-refractivity contribution in [2.24, 2.45) is 5.92 Å². The molecule has 0 saturated heterocycles. The van der Waals surface area contributed by atoms with Crippen LogP contribution in [0, 0.1) is 17.2 Å². The number of ether oxygens (including phenoxy) is 1. The quantitative estimate of drug-likeness (QED) is 0.849. The van der Waals surface area contributed by atoms with E-state index in [4.69, 9.17) is 10.00 Å². The minimum Gasteiger partial charge on any atom is -0.493 e. The van der Waals surface area contributed by atoms with Crippen LogP contribution in [-0.2, 0) is 6.54 Å². The normalized spacial score (nSPS) is 22.0. The van der Waals surface area contributed by atoms with Crippen molar-refractivity contribution in [3.05, 3.63) is 44.4 Å². The van der Waals surface area contributed by atoms with Gasteiger partial charge in [0.15, 0.2) is 0 Å². The van der Waals surface area contributed by atoms with Crippen LogP contribution < -0.4 is 9.61 Å². The van der Waals surface area contributed by atoms with E-state index in [0.717, 1.165) is 21.4 Å². The SMILES string of the molecule is N#CCCn1c2c(sc1=O)[C@@H]1c3ccccc3OC[C@@H]1CS2. The summed E-state index contributed by atoms with van der Waals surface area (Å²) in [5.74, 6) is 2.55.